The summed E-state index contributed by atoms with van der Waals surface area (Å²) in [5.74, 6) is 1.38. The Balaban J connectivity index is 1.86. The lowest BCUT2D eigenvalue weighted by Crippen LogP contribution is -2.56. The van der Waals surface area contributed by atoms with E-state index in [9.17, 15) is 4.79 Å². The van der Waals surface area contributed by atoms with Crippen molar-refractivity contribution in [1.82, 2.24) is 5.32 Å². The molecule has 0 bridgehead atoms. The molecule has 0 heterocycles. The molecule has 1 aliphatic carbocycles. The number of hydrogen-bond acceptors (Lipinski definition) is 3. The SMILES string of the molecule is COc1ccccc1CCNC(=O)C1(N)CCCC(C)C1. The van der Waals surface area contributed by atoms with E-state index in [0.29, 0.717) is 12.5 Å². The molecule has 1 fully saturated rings. The van der Waals surface area contributed by atoms with Crippen molar-refractivity contribution in [2.24, 2.45) is 11.7 Å². The first-order valence-corrected chi connectivity index (χ1v) is 7.74. The Bertz CT molecular complexity index is 489. The number of methoxy groups -OCH3 is 1. The topological polar surface area (TPSA) is 64.3 Å². The summed E-state index contributed by atoms with van der Waals surface area (Å²) in [6.07, 6.45) is 4.54. The highest BCUT2D eigenvalue weighted by Crippen LogP contribution is 2.30. The molecule has 1 saturated carbocycles. The second kappa shape index (κ2) is 6.94. The maximum atomic E-state index is 12.3. The fraction of sp³-hybridized carbons (Fsp3) is 0.588. The molecule has 0 spiro atoms. The molecule has 1 aromatic carbocycles. The summed E-state index contributed by atoms with van der Waals surface area (Å²) in [4.78, 5) is 12.3. The lowest BCUT2D eigenvalue weighted by molar-refractivity contribution is -0.128. The largest absolute Gasteiger partial charge is 0.496 e. The fourth-order valence-corrected chi connectivity index (χ4v) is 3.19. The Labute approximate surface area is 127 Å². The number of carbonyl (C=O) groups excluding carboxylic acids is 1. The zero-order valence-corrected chi connectivity index (χ0v) is 13.0. The van der Waals surface area contributed by atoms with E-state index in [0.717, 1.165) is 37.0 Å². The zero-order valence-electron chi connectivity index (χ0n) is 13.0. The van der Waals surface area contributed by atoms with Gasteiger partial charge >= 0.3 is 0 Å². The minimum absolute atomic E-state index is 0.0102. The lowest BCUT2D eigenvalue weighted by atomic mass is 9.76. The van der Waals surface area contributed by atoms with Crippen molar-refractivity contribution >= 4 is 5.91 Å². The van der Waals surface area contributed by atoms with Crippen molar-refractivity contribution in [3.63, 3.8) is 0 Å². The van der Waals surface area contributed by atoms with Crippen LogP contribution in [0.1, 0.15) is 38.2 Å². The summed E-state index contributed by atoms with van der Waals surface area (Å²) in [7, 11) is 1.66. The Morgan fingerprint density at radius 2 is 2.24 bits per heavy atom. The molecule has 0 aromatic heterocycles. The van der Waals surface area contributed by atoms with Crippen LogP contribution >= 0.6 is 0 Å². The van der Waals surface area contributed by atoms with Crippen LogP contribution in [0.3, 0.4) is 0 Å². The highest BCUT2D eigenvalue weighted by molar-refractivity contribution is 5.86. The number of amides is 1. The van der Waals surface area contributed by atoms with E-state index in [-0.39, 0.29) is 5.91 Å². The molecular weight excluding hydrogens is 264 g/mol. The van der Waals surface area contributed by atoms with Crippen LogP contribution in [-0.4, -0.2) is 25.1 Å². The Morgan fingerprint density at radius 1 is 1.48 bits per heavy atom. The summed E-state index contributed by atoms with van der Waals surface area (Å²) in [6.45, 7) is 2.76. The molecule has 2 atom stereocenters. The molecule has 1 aliphatic rings. The fourth-order valence-electron chi connectivity index (χ4n) is 3.19. The quantitative estimate of drug-likeness (QED) is 0.874. The monoisotopic (exact) mass is 290 g/mol. The summed E-state index contributed by atoms with van der Waals surface area (Å²) in [5, 5.41) is 2.99. The van der Waals surface area contributed by atoms with E-state index in [4.69, 9.17) is 10.5 Å². The van der Waals surface area contributed by atoms with E-state index >= 15 is 0 Å². The highest BCUT2D eigenvalue weighted by atomic mass is 16.5. The van der Waals surface area contributed by atoms with Gasteiger partial charge in [0, 0.05) is 6.54 Å². The van der Waals surface area contributed by atoms with Crippen LogP contribution in [0.25, 0.3) is 0 Å². The summed E-state index contributed by atoms with van der Waals surface area (Å²) in [6, 6.07) is 7.88. The molecule has 3 N–H and O–H groups in total. The minimum Gasteiger partial charge on any atom is -0.496 e. The van der Waals surface area contributed by atoms with Crippen LogP contribution in [0.4, 0.5) is 0 Å². The first-order valence-electron chi connectivity index (χ1n) is 7.74. The maximum Gasteiger partial charge on any atom is 0.240 e. The van der Waals surface area contributed by atoms with Gasteiger partial charge in [0.05, 0.1) is 12.6 Å². The first-order chi connectivity index (χ1) is 10.0. The summed E-state index contributed by atoms with van der Waals surface area (Å²) in [5.41, 5.74) is 6.71. The van der Waals surface area contributed by atoms with Crippen molar-refractivity contribution in [3.8, 4) is 5.75 Å². The smallest absolute Gasteiger partial charge is 0.240 e. The van der Waals surface area contributed by atoms with Crippen LogP contribution in [0.15, 0.2) is 24.3 Å². The van der Waals surface area contributed by atoms with Gasteiger partial charge in [0.1, 0.15) is 5.75 Å². The van der Waals surface area contributed by atoms with Gasteiger partial charge in [-0.25, -0.2) is 0 Å². The Hall–Kier alpha value is -1.55. The molecule has 21 heavy (non-hydrogen) atoms. The Morgan fingerprint density at radius 3 is 2.95 bits per heavy atom. The van der Waals surface area contributed by atoms with E-state index in [1.807, 2.05) is 24.3 Å². The van der Waals surface area contributed by atoms with Gasteiger partial charge < -0.3 is 15.8 Å². The number of hydrogen-bond donors (Lipinski definition) is 2. The van der Waals surface area contributed by atoms with Crippen molar-refractivity contribution < 1.29 is 9.53 Å². The van der Waals surface area contributed by atoms with Crippen molar-refractivity contribution in [2.75, 3.05) is 13.7 Å². The van der Waals surface area contributed by atoms with Crippen LogP contribution in [0.2, 0.25) is 0 Å². The first kappa shape index (κ1) is 15.8. The molecule has 1 aromatic rings. The number of para-hydroxylation sites is 1. The van der Waals surface area contributed by atoms with Crippen LogP contribution < -0.4 is 15.8 Å². The van der Waals surface area contributed by atoms with E-state index < -0.39 is 5.54 Å². The zero-order chi connectivity index (χ0) is 15.3. The molecule has 0 aliphatic heterocycles. The van der Waals surface area contributed by atoms with Crippen molar-refractivity contribution in [3.05, 3.63) is 29.8 Å². The predicted molar refractivity (Wildman–Crippen MR) is 84.3 cm³/mol. The van der Waals surface area contributed by atoms with Gasteiger partial charge in [-0.2, -0.15) is 0 Å². The number of nitrogens with two attached hydrogens (primary N) is 1. The molecule has 4 nitrogen and oxygen atoms in total. The number of carbonyl (C=O) groups is 1. The highest BCUT2D eigenvalue weighted by Gasteiger charge is 2.37. The summed E-state index contributed by atoms with van der Waals surface area (Å²) >= 11 is 0. The summed E-state index contributed by atoms with van der Waals surface area (Å²) < 4.78 is 5.32. The van der Waals surface area contributed by atoms with Gasteiger partial charge in [-0.3, -0.25) is 4.79 Å². The van der Waals surface area contributed by atoms with Crippen molar-refractivity contribution in [2.45, 2.75) is 44.6 Å². The Kier molecular flexibility index (Phi) is 5.23. The standard InChI is InChI=1S/C17H26N2O2/c1-13-6-5-10-17(18,12-13)16(20)19-11-9-14-7-3-4-8-15(14)21-2/h3-4,7-8,13H,5-6,9-12,18H2,1-2H3,(H,19,20). The predicted octanol–water partition coefficient (Wildman–Crippen LogP) is 2.26. The average molecular weight is 290 g/mol. The van der Waals surface area contributed by atoms with Gasteiger partial charge in [-0.1, -0.05) is 38.0 Å². The van der Waals surface area contributed by atoms with Gasteiger partial charge in [0.15, 0.2) is 0 Å². The van der Waals surface area contributed by atoms with Gasteiger partial charge in [0.25, 0.3) is 0 Å². The molecule has 0 saturated heterocycles. The third-order valence-corrected chi connectivity index (χ3v) is 4.36. The van der Waals surface area contributed by atoms with Gasteiger partial charge in [-0.15, -0.1) is 0 Å². The molecule has 0 radical (unpaired) electrons. The molecule has 116 valence electrons. The maximum absolute atomic E-state index is 12.3. The van der Waals surface area contributed by atoms with Gasteiger partial charge in [0.2, 0.25) is 5.91 Å². The van der Waals surface area contributed by atoms with E-state index in [2.05, 4.69) is 12.2 Å². The second-order valence-electron chi connectivity index (χ2n) is 6.18. The molecule has 2 rings (SSSR count). The van der Waals surface area contributed by atoms with Gasteiger partial charge in [-0.05, 0) is 36.8 Å². The lowest BCUT2D eigenvalue weighted by Gasteiger charge is -2.35. The van der Waals surface area contributed by atoms with Crippen LogP contribution in [0.5, 0.6) is 5.75 Å². The second-order valence-corrected chi connectivity index (χ2v) is 6.18. The van der Waals surface area contributed by atoms with E-state index in [1.54, 1.807) is 7.11 Å². The van der Waals surface area contributed by atoms with Crippen LogP contribution in [-0.2, 0) is 11.2 Å². The van der Waals surface area contributed by atoms with Crippen LogP contribution in [0, 0.1) is 5.92 Å². The normalized spacial score (nSPS) is 25.4. The number of rotatable bonds is 5. The third-order valence-electron chi connectivity index (χ3n) is 4.36. The number of benzene rings is 1. The molecule has 1 amide bonds. The molecule has 4 heteroatoms. The minimum atomic E-state index is -0.682. The third kappa shape index (κ3) is 3.97. The van der Waals surface area contributed by atoms with Crippen molar-refractivity contribution in [1.29, 1.82) is 0 Å². The molecule has 2 unspecified atom stereocenters. The number of nitrogens with one attached hydrogen (secondary N) is 1. The van der Waals surface area contributed by atoms with E-state index in [1.165, 1.54) is 6.42 Å². The average Bonchev–Trinajstić information content (AvgIpc) is 2.47. The molecular formula is C17H26N2O2. The number of ether oxygens (including phenoxy) is 1.